The van der Waals surface area contributed by atoms with Gasteiger partial charge in [0.2, 0.25) is 16.0 Å². The quantitative estimate of drug-likeness (QED) is 0.722. The van der Waals surface area contributed by atoms with Gasteiger partial charge in [-0.25, -0.2) is 22.7 Å². The molecule has 29 heavy (non-hydrogen) atoms. The van der Waals surface area contributed by atoms with E-state index >= 15 is 0 Å². The largest absolute Gasteiger partial charge is 0.377 e. The summed E-state index contributed by atoms with van der Waals surface area (Å²) in [5, 5.41) is 1.98. The second-order valence-corrected chi connectivity index (χ2v) is 10.4. The molecular weight excluding hydrogens is 438 g/mol. The SMILES string of the molecule is Cc1cccc(NC(=O)c2cc(Cl)c([C@]34COCC3S(=O)(=O)N(C)C(N)=N4)s2)n1. The topological polar surface area (TPSA) is 127 Å². The third kappa shape index (κ3) is 3.18. The highest BCUT2D eigenvalue weighted by atomic mass is 35.5. The number of hydrogen-bond acceptors (Lipinski definition) is 8. The van der Waals surface area contributed by atoms with Crippen molar-refractivity contribution < 1.29 is 17.9 Å². The van der Waals surface area contributed by atoms with Crippen LogP contribution in [0.4, 0.5) is 5.82 Å². The van der Waals surface area contributed by atoms with E-state index in [0.717, 1.165) is 21.3 Å². The molecule has 0 bridgehead atoms. The first kappa shape index (κ1) is 20.1. The zero-order chi connectivity index (χ0) is 21.0. The van der Waals surface area contributed by atoms with E-state index in [4.69, 9.17) is 22.1 Å². The molecule has 1 amide bonds. The number of nitrogens with one attached hydrogen (secondary N) is 1. The number of hydrogen-bond donors (Lipinski definition) is 2. The molecule has 0 radical (unpaired) electrons. The van der Waals surface area contributed by atoms with Crippen LogP contribution in [0.15, 0.2) is 29.3 Å². The number of aryl methyl sites for hydroxylation is 1. The molecule has 1 saturated heterocycles. The number of ether oxygens (including phenoxy) is 1. The molecule has 0 spiro atoms. The Bertz CT molecular complexity index is 1130. The second kappa shape index (κ2) is 6.94. The summed E-state index contributed by atoms with van der Waals surface area (Å²) in [6, 6.07) is 6.77. The van der Waals surface area contributed by atoms with E-state index in [2.05, 4.69) is 15.3 Å². The predicted octanol–water partition coefficient (Wildman–Crippen LogP) is 1.54. The van der Waals surface area contributed by atoms with Crippen LogP contribution >= 0.6 is 22.9 Å². The van der Waals surface area contributed by atoms with Gasteiger partial charge in [0.1, 0.15) is 16.6 Å². The fraction of sp³-hybridized carbons (Fsp3) is 0.353. The van der Waals surface area contributed by atoms with Gasteiger partial charge in [0.05, 0.1) is 28.0 Å². The van der Waals surface area contributed by atoms with Crippen LogP contribution in [-0.2, 0) is 20.3 Å². The lowest BCUT2D eigenvalue weighted by atomic mass is 9.96. The third-order valence-corrected chi connectivity index (χ3v) is 8.84. The Balaban J connectivity index is 1.73. The smallest absolute Gasteiger partial charge is 0.266 e. The summed E-state index contributed by atoms with van der Waals surface area (Å²) >= 11 is 7.50. The number of nitrogens with two attached hydrogens (primary N) is 1. The summed E-state index contributed by atoms with van der Waals surface area (Å²) in [5.74, 6) is -0.141. The van der Waals surface area contributed by atoms with Crippen LogP contribution < -0.4 is 11.1 Å². The van der Waals surface area contributed by atoms with Crippen LogP contribution in [0.25, 0.3) is 0 Å². The van der Waals surface area contributed by atoms with Crippen LogP contribution in [0.3, 0.4) is 0 Å². The molecule has 1 unspecified atom stereocenters. The van der Waals surface area contributed by atoms with Crippen molar-refractivity contribution >= 4 is 50.6 Å². The Morgan fingerprint density at radius 1 is 1.48 bits per heavy atom. The molecule has 1 fully saturated rings. The summed E-state index contributed by atoms with van der Waals surface area (Å²) in [6.07, 6.45) is 0. The van der Waals surface area contributed by atoms with Crippen molar-refractivity contribution in [3.63, 3.8) is 0 Å². The van der Waals surface area contributed by atoms with Crippen molar-refractivity contribution in [3.8, 4) is 0 Å². The van der Waals surface area contributed by atoms with Crippen molar-refractivity contribution in [2.24, 2.45) is 10.7 Å². The van der Waals surface area contributed by atoms with Gasteiger partial charge < -0.3 is 15.8 Å². The Kier molecular flexibility index (Phi) is 4.80. The molecule has 12 heteroatoms. The molecule has 2 aromatic heterocycles. The maximum atomic E-state index is 12.9. The minimum absolute atomic E-state index is 0.00612. The van der Waals surface area contributed by atoms with Gasteiger partial charge in [-0.1, -0.05) is 17.7 Å². The number of guanidine groups is 1. The van der Waals surface area contributed by atoms with Crippen LogP contribution in [0.1, 0.15) is 20.2 Å². The average molecular weight is 456 g/mol. The molecule has 154 valence electrons. The molecule has 9 nitrogen and oxygen atoms in total. The summed E-state index contributed by atoms with van der Waals surface area (Å²) in [7, 11) is -2.44. The number of carbonyl (C=O) groups excluding carboxylic acids is 1. The lowest BCUT2D eigenvalue weighted by molar-refractivity contribution is 0.103. The van der Waals surface area contributed by atoms with E-state index in [1.54, 1.807) is 12.1 Å². The molecule has 2 atom stereocenters. The maximum Gasteiger partial charge on any atom is 0.266 e. The zero-order valence-corrected chi connectivity index (χ0v) is 17.9. The molecule has 2 aromatic rings. The molecular formula is C17H18ClN5O4S2. The van der Waals surface area contributed by atoms with Gasteiger partial charge in [-0.2, -0.15) is 0 Å². The number of carbonyl (C=O) groups is 1. The van der Waals surface area contributed by atoms with Crippen LogP contribution in [0.2, 0.25) is 5.02 Å². The Morgan fingerprint density at radius 3 is 2.97 bits per heavy atom. The van der Waals surface area contributed by atoms with Crippen molar-refractivity contribution in [2.75, 3.05) is 25.6 Å². The standard InChI is InChI=1S/C17H18ClN5O4S2/c1-9-4-3-5-13(20-9)21-15(24)11-6-10(18)14(28-11)17-8-27-7-12(17)29(25,26)23(2)16(19)22-17/h3-6,12H,7-8H2,1-2H3,(H2,19,22)(H,20,21,24)/t12?,17-/m0/s1. The van der Waals surface area contributed by atoms with Gasteiger partial charge in [0.25, 0.3) is 5.91 Å². The van der Waals surface area contributed by atoms with Gasteiger partial charge in [0.15, 0.2) is 0 Å². The van der Waals surface area contributed by atoms with Gasteiger partial charge in [0, 0.05) is 12.7 Å². The van der Waals surface area contributed by atoms with Gasteiger partial charge in [-0.15, -0.1) is 11.3 Å². The molecule has 0 saturated carbocycles. The fourth-order valence-electron chi connectivity index (χ4n) is 3.41. The van der Waals surface area contributed by atoms with Crippen LogP contribution in [-0.4, -0.2) is 55.1 Å². The Morgan fingerprint density at radius 2 is 2.24 bits per heavy atom. The number of thiophene rings is 1. The number of anilines is 1. The zero-order valence-electron chi connectivity index (χ0n) is 15.5. The average Bonchev–Trinajstić information content (AvgIpc) is 3.25. The highest BCUT2D eigenvalue weighted by Crippen LogP contribution is 2.48. The summed E-state index contributed by atoms with van der Waals surface area (Å²) in [5.41, 5.74) is 5.36. The van der Waals surface area contributed by atoms with Gasteiger partial charge in [-0.05, 0) is 25.1 Å². The maximum absolute atomic E-state index is 12.9. The highest BCUT2D eigenvalue weighted by molar-refractivity contribution is 7.90. The number of aromatic nitrogens is 1. The van der Waals surface area contributed by atoms with Gasteiger partial charge in [-0.3, -0.25) is 4.79 Å². The lowest BCUT2D eigenvalue weighted by Crippen LogP contribution is -2.56. The van der Waals surface area contributed by atoms with E-state index in [1.165, 1.54) is 13.1 Å². The summed E-state index contributed by atoms with van der Waals surface area (Å²) in [6.45, 7) is 1.79. The summed E-state index contributed by atoms with van der Waals surface area (Å²) < 4.78 is 32.2. The first-order valence-electron chi connectivity index (χ1n) is 8.61. The number of amides is 1. The van der Waals surface area contributed by atoms with Crippen molar-refractivity contribution in [2.45, 2.75) is 17.7 Å². The van der Waals surface area contributed by atoms with Crippen molar-refractivity contribution in [3.05, 3.63) is 44.7 Å². The Labute approximate surface area is 176 Å². The third-order valence-electron chi connectivity index (χ3n) is 4.94. The number of rotatable bonds is 3. The highest BCUT2D eigenvalue weighted by Gasteiger charge is 2.58. The van der Waals surface area contributed by atoms with E-state index in [-0.39, 0.29) is 24.2 Å². The molecule has 2 aliphatic heterocycles. The fourth-order valence-corrected chi connectivity index (χ4v) is 6.75. The van der Waals surface area contributed by atoms with E-state index in [9.17, 15) is 13.2 Å². The van der Waals surface area contributed by atoms with Crippen molar-refractivity contribution in [1.82, 2.24) is 9.29 Å². The first-order chi connectivity index (χ1) is 13.6. The minimum atomic E-state index is -3.79. The number of nitrogens with zero attached hydrogens (tertiary/aromatic N) is 3. The van der Waals surface area contributed by atoms with Crippen molar-refractivity contribution in [1.29, 1.82) is 0 Å². The normalized spacial score (nSPS) is 25.4. The molecule has 3 N–H and O–H groups in total. The number of aliphatic imine (C=N–C) groups is 1. The minimum Gasteiger partial charge on any atom is -0.377 e. The first-order valence-corrected chi connectivity index (χ1v) is 11.3. The van der Waals surface area contributed by atoms with Crippen LogP contribution in [0.5, 0.6) is 0 Å². The molecule has 2 aliphatic rings. The number of sulfonamides is 1. The number of pyridine rings is 1. The number of fused-ring (bicyclic) bond motifs is 1. The Hall–Kier alpha value is -2.21. The monoisotopic (exact) mass is 455 g/mol. The van der Waals surface area contributed by atoms with E-state index in [1.807, 2.05) is 13.0 Å². The van der Waals surface area contributed by atoms with E-state index in [0.29, 0.717) is 15.6 Å². The summed E-state index contributed by atoms with van der Waals surface area (Å²) in [4.78, 5) is 22.1. The molecule has 0 aliphatic carbocycles. The van der Waals surface area contributed by atoms with Crippen LogP contribution in [0, 0.1) is 6.92 Å². The molecule has 4 heterocycles. The predicted molar refractivity (Wildman–Crippen MR) is 111 cm³/mol. The second-order valence-electron chi connectivity index (χ2n) is 6.82. The number of halogens is 1. The molecule has 0 aromatic carbocycles. The van der Waals surface area contributed by atoms with Gasteiger partial charge >= 0.3 is 0 Å². The lowest BCUT2D eigenvalue weighted by Gasteiger charge is -2.37. The van der Waals surface area contributed by atoms with E-state index < -0.39 is 26.7 Å². The molecule has 4 rings (SSSR count).